The minimum Gasteiger partial charge on any atom is -0.349 e. The summed E-state index contributed by atoms with van der Waals surface area (Å²) in [5.74, 6) is 1.20. The Morgan fingerprint density at radius 2 is 2.17 bits per heavy atom. The first-order valence-corrected chi connectivity index (χ1v) is 6.69. The number of nitrogens with one attached hydrogen (secondary N) is 2. The molecule has 0 aliphatic carbocycles. The largest absolute Gasteiger partial charge is 0.349 e. The molecule has 1 aromatic heterocycles. The average Bonchev–Trinajstić information content (AvgIpc) is 2.38. The van der Waals surface area contributed by atoms with E-state index in [4.69, 9.17) is 0 Å². The number of piperidine rings is 1. The van der Waals surface area contributed by atoms with Crippen molar-refractivity contribution >= 4 is 5.82 Å². The Bertz CT molecular complexity index is 423. The van der Waals surface area contributed by atoms with Crippen LogP contribution in [0.5, 0.6) is 0 Å². The van der Waals surface area contributed by atoms with Crippen LogP contribution in [0.25, 0.3) is 0 Å². The second-order valence-corrected chi connectivity index (χ2v) is 5.18. The van der Waals surface area contributed by atoms with Crippen LogP contribution in [0.3, 0.4) is 0 Å². The molecular formula is C13H22N4O. The predicted octanol–water partition coefficient (Wildman–Crippen LogP) is 0.984. The van der Waals surface area contributed by atoms with Crippen LogP contribution in [-0.4, -0.2) is 35.6 Å². The van der Waals surface area contributed by atoms with Crippen molar-refractivity contribution in [3.63, 3.8) is 0 Å². The van der Waals surface area contributed by atoms with Gasteiger partial charge in [0, 0.05) is 25.0 Å². The lowest BCUT2D eigenvalue weighted by molar-refractivity contribution is 0.366. The summed E-state index contributed by atoms with van der Waals surface area (Å²) in [6.45, 7) is 7.29. The third-order valence-electron chi connectivity index (χ3n) is 3.50. The smallest absolute Gasteiger partial charge is 0.290 e. The fourth-order valence-corrected chi connectivity index (χ4v) is 2.43. The van der Waals surface area contributed by atoms with Gasteiger partial charge in [-0.3, -0.25) is 4.79 Å². The molecule has 1 fully saturated rings. The summed E-state index contributed by atoms with van der Waals surface area (Å²) in [5, 5.41) is 3.37. The van der Waals surface area contributed by atoms with Crippen molar-refractivity contribution in [1.82, 2.24) is 15.3 Å². The summed E-state index contributed by atoms with van der Waals surface area (Å²) in [6.07, 6.45) is 5.57. The molecule has 1 aliphatic rings. The van der Waals surface area contributed by atoms with Crippen LogP contribution in [0.2, 0.25) is 0 Å². The summed E-state index contributed by atoms with van der Waals surface area (Å²) in [6, 6.07) is 0.288. The molecule has 100 valence electrons. The first-order chi connectivity index (χ1) is 8.68. The Morgan fingerprint density at radius 3 is 2.78 bits per heavy atom. The molecule has 0 radical (unpaired) electrons. The lowest BCUT2D eigenvalue weighted by atomic mass is 9.97. The molecule has 5 heteroatoms. The standard InChI is InChI=1S/C13H22N4O/c1-10(2)17(9-11-3-5-14-6-4-11)12-13(18)16-8-7-15-12/h7-8,10-11,14H,3-6,9H2,1-2H3,(H,16,18). The van der Waals surface area contributed by atoms with Gasteiger partial charge >= 0.3 is 0 Å². The topological polar surface area (TPSA) is 61.0 Å². The Hall–Kier alpha value is -1.36. The van der Waals surface area contributed by atoms with Crippen molar-refractivity contribution < 1.29 is 0 Å². The molecule has 0 saturated carbocycles. The van der Waals surface area contributed by atoms with E-state index < -0.39 is 0 Å². The van der Waals surface area contributed by atoms with Gasteiger partial charge in [0.2, 0.25) is 0 Å². The van der Waals surface area contributed by atoms with E-state index in [1.807, 2.05) is 0 Å². The molecule has 2 rings (SSSR count). The molecule has 1 aromatic rings. The van der Waals surface area contributed by atoms with E-state index in [9.17, 15) is 4.79 Å². The number of hydrogen-bond acceptors (Lipinski definition) is 4. The molecule has 1 saturated heterocycles. The Balaban J connectivity index is 2.13. The highest BCUT2D eigenvalue weighted by Gasteiger charge is 2.21. The number of rotatable bonds is 4. The van der Waals surface area contributed by atoms with Crippen LogP contribution in [-0.2, 0) is 0 Å². The summed E-state index contributed by atoms with van der Waals surface area (Å²) >= 11 is 0. The highest BCUT2D eigenvalue weighted by atomic mass is 16.1. The number of H-pyrrole nitrogens is 1. The van der Waals surface area contributed by atoms with Crippen molar-refractivity contribution in [2.45, 2.75) is 32.7 Å². The van der Waals surface area contributed by atoms with Crippen molar-refractivity contribution in [2.75, 3.05) is 24.5 Å². The molecule has 2 heterocycles. The zero-order chi connectivity index (χ0) is 13.0. The summed E-state index contributed by atoms with van der Waals surface area (Å²) in [4.78, 5) is 20.9. The van der Waals surface area contributed by atoms with E-state index in [0.29, 0.717) is 11.7 Å². The summed E-state index contributed by atoms with van der Waals surface area (Å²) in [7, 11) is 0. The van der Waals surface area contributed by atoms with Gasteiger partial charge < -0.3 is 15.2 Å². The second kappa shape index (κ2) is 6.00. The van der Waals surface area contributed by atoms with Gasteiger partial charge in [0.05, 0.1) is 0 Å². The monoisotopic (exact) mass is 250 g/mol. The quantitative estimate of drug-likeness (QED) is 0.836. The number of nitrogens with zero attached hydrogens (tertiary/aromatic N) is 2. The second-order valence-electron chi connectivity index (χ2n) is 5.18. The number of anilines is 1. The van der Waals surface area contributed by atoms with Gasteiger partial charge in [0.25, 0.3) is 5.56 Å². The molecule has 1 aliphatic heterocycles. The maximum absolute atomic E-state index is 11.8. The van der Waals surface area contributed by atoms with Crippen LogP contribution in [0.15, 0.2) is 17.2 Å². The fraction of sp³-hybridized carbons (Fsp3) is 0.692. The van der Waals surface area contributed by atoms with Gasteiger partial charge in [-0.1, -0.05) is 0 Å². The van der Waals surface area contributed by atoms with Crippen LogP contribution >= 0.6 is 0 Å². The van der Waals surface area contributed by atoms with Crippen LogP contribution in [0.4, 0.5) is 5.82 Å². The molecule has 0 spiro atoms. The number of hydrogen-bond donors (Lipinski definition) is 2. The molecule has 0 amide bonds. The van der Waals surface area contributed by atoms with Gasteiger partial charge in [-0.2, -0.15) is 0 Å². The van der Waals surface area contributed by atoms with Crippen molar-refractivity contribution in [2.24, 2.45) is 5.92 Å². The maximum atomic E-state index is 11.8. The Kier molecular flexibility index (Phi) is 4.36. The van der Waals surface area contributed by atoms with E-state index in [2.05, 4.69) is 34.0 Å². The molecule has 2 N–H and O–H groups in total. The molecule has 0 bridgehead atoms. The maximum Gasteiger partial charge on any atom is 0.290 e. The number of aromatic nitrogens is 2. The fourth-order valence-electron chi connectivity index (χ4n) is 2.43. The van der Waals surface area contributed by atoms with E-state index in [1.54, 1.807) is 12.4 Å². The van der Waals surface area contributed by atoms with Gasteiger partial charge in [-0.25, -0.2) is 4.98 Å². The van der Waals surface area contributed by atoms with Crippen molar-refractivity contribution in [3.8, 4) is 0 Å². The normalized spacial score (nSPS) is 17.1. The van der Waals surface area contributed by atoms with Crippen molar-refractivity contribution in [3.05, 3.63) is 22.7 Å². The van der Waals surface area contributed by atoms with Gasteiger partial charge in [-0.05, 0) is 45.7 Å². The first kappa shape index (κ1) is 13.1. The van der Waals surface area contributed by atoms with Crippen LogP contribution in [0, 0.1) is 5.92 Å². The third-order valence-corrected chi connectivity index (χ3v) is 3.50. The zero-order valence-corrected chi connectivity index (χ0v) is 11.1. The third kappa shape index (κ3) is 3.10. The van der Waals surface area contributed by atoms with E-state index in [0.717, 1.165) is 19.6 Å². The summed E-state index contributed by atoms with van der Waals surface area (Å²) < 4.78 is 0. The lowest BCUT2D eigenvalue weighted by Crippen LogP contribution is -2.42. The lowest BCUT2D eigenvalue weighted by Gasteiger charge is -2.33. The zero-order valence-electron chi connectivity index (χ0n) is 11.1. The molecule has 0 unspecified atom stereocenters. The molecule has 18 heavy (non-hydrogen) atoms. The van der Waals surface area contributed by atoms with E-state index in [1.165, 1.54) is 12.8 Å². The van der Waals surface area contributed by atoms with Crippen LogP contribution in [0.1, 0.15) is 26.7 Å². The SMILES string of the molecule is CC(C)N(CC1CCNCC1)c1ncc[nH]c1=O. The summed E-state index contributed by atoms with van der Waals surface area (Å²) in [5.41, 5.74) is -0.0971. The molecule has 0 atom stereocenters. The Morgan fingerprint density at radius 1 is 1.44 bits per heavy atom. The molecular weight excluding hydrogens is 228 g/mol. The average molecular weight is 250 g/mol. The van der Waals surface area contributed by atoms with Crippen molar-refractivity contribution in [1.29, 1.82) is 0 Å². The van der Waals surface area contributed by atoms with Crippen LogP contribution < -0.4 is 15.8 Å². The molecule has 5 nitrogen and oxygen atoms in total. The first-order valence-electron chi connectivity index (χ1n) is 6.69. The highest BCUT2D eigenvalue weighted by molar-refractivity contribution is 5.36. The van der Waals surface area contributed by atoms with E-state index >= 15 is 0 Å². The minimum atomic E-state index is -0.0971. The highest BCUT2D eigenvalue weighted by Crippen LogP contribution is 2.17. The van der Waals surface area contributed by atoms with Gasteiger partial charge in [0.15, 0.2) is 5.82 Å². The number of aromatic amines is 1. The Labute approximate surface area is 108 Å². The van der Waals surface area contributed by atoms with Gasteiger partial charge in [-0.15, -0.1) is 0 Å². The van der Waals surface area contributed by atoms with E-state index in [-0.39, 0.29) is 11.6 Å². The van der Waals surface area contributed by atoms with Gasteiger partial charge in [0.1, 0.15) is 0 Å². The minimum absolute atomic E-state index is 0.0971. The molecule has 0 aromatic carbocycles. The predicted molar refractivity (Wildman–Crippen MR) is 72.9 cm³/mol.